The van der Waals surface area contributed by atoms with Gasteiger partial charge >= 0.3 is 51.5 Å². The van der Waals surface area contributed by atoms with Crippen LogP contribution in [0.5, 0.6) is 0 Å². The molecule has 35 heavy (non-hydrogen) atoms. The molecule has 0 aromatic rings. The van der Waals surface area contributed by atoms with E-state index >= 15 is 0 Å². The van der Waals surface area contributed by atoms with Crippen LogP contribution in [-0.4, -0.2) is 81.7 Å². The zero-order valence-corrected chi connectivity index (χ0v) is 28.0. The molecule has 0 aliphatic heterocycles. The molecular formula is C20H45O12PPbS. The summed E-state index contributed by atoms with van der Waals surface area (Å²) in [5.41, 5.74) is 0. The fourth-order valence-corrected chi connectivity index (χ4v) is 2.35. The Labute approximate surface area is 229 Å². The van der Waals surface area contributed by atoms with E-state index in [1.807, 2.05) is 0 Å². The summed E-state index contributed by atoms with van der Waals surface area (Å²) in [7, 11) is -9.31. The van der Waals surface area contributed by atoms with Crippen molar-refractivity contribution >= 4 is 57.5 Å². The maximum absolute atomic E-state index is 10.3. The zero-order valence-electron chi connectivity index (χ0n) is 20.8. The molecule has 0 atom stereocenters. The Balaban J connectivity index is -0.000000163. The molecule has 0 unspecified atom stereocenters. The topological polar surface area (TPSA) is 227 Å². The van der Waals surface area contributed by atoms with Gasteiger partial charge in [-0.25, -0.2) is 4.57 Å². The van der Waals surface area contributed by atoms with Gasteiger partial charge in [0.1, 0.15) is 0 Å². The van der Waals surface area contributed by atoms with Gasteiger partial charge in [-0.1, -0.05) is 70.4 Å². The number of hydrogen-bond donors (Lipinski definition) is 7. The molecule has 0 saturated heterocycles. The van der Waals surface area contributed by atoms with E-state index in [1.54, 1.807) is 0 Å². The standard InChI is InChI=1S/C18H34O2.C2H4O2.H3O4P.H2O4S.Pb.2H/c1-2-3-4-5-6-7-8-9-10-11-12-13-14-15-16-17-18(19)20;1-2(3)4;2*1-5(2,3)4;;;/h9-10H,2-8,11-17H2,1H3,(H,19,20);1H3,(H,3,4);(H3,1,2,3,4);(H2,1,2,3,4);;;/b10-9-;;;;;;. The molecule has 0 fully saturated rings. The Morgan fingerprint density at radius 3 is 1.29 bits per heavy atom. The summed E-state index contributed by atoms with van der Waals surface area (Å²) in [4.78, 5) is 40.9. The average Bonchev–Trinajstić information content (AvgIpc) is 2.61. The van der Waals surface area contributed by atoms with Crippen molar-refractivity contribution in [3.63, 3.8) is 0 Å². The number of carboxylic acids is 2. The maximum atomic E-state index is 10.3. The van der Waals surface area contributed by atoms with Gasteiger partial charge < -0.3 is 24.9 Å². The molecule has 15 heteroatoms. The third kappa shape index (κ3) is 122. The molecule has 0 aromatic heterocycles. The van der Waals surface area contributed by atoms with Crippen LogP contribution in [0.15, 0.2) is 12.2 Å². The SMILES string of the molecule is CC(=O)O.CCCCCCCC/C=C\CCCCCCCC(=O)O.O=P(O)(O)O.O=S(=O)(O)O.[PbH2]. The van der Waals surface area contributed by atoms with E-state index in [4.69, 9.17) is 51.8 Å². The van der Waals surface area contributed by atoms with Gasteiger partial charge in [0, 0.05) is 13.3 Å². The fourth-order valence-electron chi connectivity index (χ4n) is 2.35. The summed E-state index contributed by atoms with van der Waals surface area (Å²) in [5.74, 6) is -1.50. The van der Waals surface area contributed by atoms with E-state index in [-0.39, 0.29) is 27.3 Å². The molecule has 212 valence electrons. The Morgan fingerprint density at radius 2 is 1.00 bits per heavy atom. The van der Waals surface area contributed by atoms with Gasteiger partial charge in [-0.15, -0.1) is 0 Å². The van der Waals surface area contributed by atoms with Crippen LogP contribution in [0.25, 0.3) is 0 Å². The molecular weight excluding hydrogens is 702 g/mol. The number of carboxylic acid groups (broad SMARTS) is 2. The van der Waals surface area contributed by atoms with Crippen LogP contribution in [0.3, 0.4) is 0 Å². The number of allylic oxidation sites excluding steroid dienone is 2. The molecule has 0 heterocycles. The molecule has 0 saturated carbocycles. The quantitative estimate of drug-likeness (QED) is 0.0419. The van der Waals surface area contributed by atoms with Crippen molar-refractivity contribution in [3.8, 4) is 0 Å². The van der Waals surface area contributed by atoms with E-state index in [1.165, 1.54) is 70.6 Å². The van der Waals surface area contributed by atoms with Crippen LogP contribution in [0.4, 0.5) is 0 Å². The molecule has 0 amide bonds. The van der Waals surface area contributed by atoms with Crippen molar-refractivity contribution in [1.29, 1.82) is 0 Å². The minimum atomic E-state index is -4.67. The Bertz CT molecular complexity index is 630. The summed E-state index contributed by atoms with van der Waals surface area (Å²) in [6, 6.07) is 0. The van der Waals surface area contributed by atoms with E-state index < -0.39 is 30.2 Å². The molecule has 0 spiro atoms. The normalized spacial score (nSPS) is 10.5. The number of phosphoric acid groups is 1. The van der Waals surface area contributed by atoms with Gasteiger partial charge in [0.2, 0.25) is 0 Å². The molecule has 0 rings (SSSR count). The van der Waals surface area contributed by atoms with Crippen molar-refractivity contribution in [1.82, 2.24) is 0 Å². The van der Waals surface area contributed by atoms with Crippen LogP contribution < -0.4 is 0 Å². The monoisotopic (exact) mass is 748 g/mol. The summed E-state index contributed by atoms with van der Waals surface area (Å²) in [5, 5.41) is 15.9. The second-order valence-electron chi connectivity index (χ2n) is 7.21. The van der Waals surface area contributed by atoms with Crippen molar-refractivity contribution in [3.05, 3.63) is 12.2 Å². The number of carbonyl (C=O) groups is 2. The van der Waals surface area contributed by atoms with Gasteiger partial charge in [-0.2, -0.15) is 8.42 Å². The first kappa shape index (κ1) is 44.6. The van der Waals surface area contributed by atoms with E-state index in [9.17, 15) is 4.79 Å². The predicted octanol–water partition coefficient (Wildman–Crippen LogP) is 3.70. The Kier molecular flexibility index (Phi) is 40.3. The van der Waals surface area contributed by atoms with E-state index in [2.05, 4.69) is 19.1 Å². The predicted molar refractivity (Wildman–Crippen MR) is 137 cm³/mol. The van der Waals surface area contributed by atoms with Crippen molar-refractivity contribution in [2.75, 3.05) is 0 Å². The third-order valence-corrected chi connectivity index (χ3v) is 3.65. The number of hydrogen-bond acceptors (Lipinski definition) is 5. The molecule has 0 aliphatic carbocycles. The number of unbranched alkanes of at least 4 members (excludes halogenated alkanes) is 11. The van der Waals surface area contributed by atoms with Gasteiger partial charge in [-0.05, 0) is 32.1 Å². The molecule has 2 radical (unpaired) electrons. The minimum absolute atomic E-state index is 0. The molecule has 7 N–H and O–H groups in total. The number of aliphatic carboxylic acids is 2. The zero-order chi connectivity index (χ0) is 27.5. The van der Waals surface area contributed by atoms with Gasteiger partial charge in [0.15, 0.2) is 0 Å². The first-order valence-electron chi connectivity index (χ1n) is 11.0. The summed E-state index contributed by atoms with van der Waals surface area (Å²) >= 11 is 0. The van der Waals surface area contributed by atoms with Crippen molar-refractivity contribution in [2.45, 2.75) is 104 Å². The van der Waals surface area contributed by atoms with Crippen LogP contribution >= 0.6 is 7.82 Å². The average molecular weight is 748 g/mol. The summed E-state index contributed by atoms with van der Waals surface area (Å²) < 4.78 is 40.5. The van der Waals surface area contributed by atoms with Gasteiger partial charge in [-0.3, -0.25) is 18.7 Å². The molecule has 12 nitrogen and oxygen atoms in total. The molecule has 0 bridgehead atoms. The van der Waals surface area contributed by atoms with Crippen LogP contribution in [0.1, 0.15) is 104 Å². The molecule has 0 aliphatic rings. The summed E-state index contributed by atoms with van der Waals surface area (Å²) in [6.07, 6.45) is 21.2. The Morgan fingerprint density at radius 1 is 0.743 bits per heavy atom. The fraction of sp³-hybridized carbons (Fsp3) is 0.800. The van der Waals surface area contributed by atoms with Crippen LogP contribution in [-0.2, 0) is 24.6 Å². The van der Waals surface area contributed by atoms with Gasteiger partial charge in [0.05, 0.1) is 0 Å². The molecule has 0 aromatic carbocycles. The van der Waals surface area contributed by atoms with Crippen LogP contribution in [0.2, 0.25) is 0 Å². The van der Waals surface area contributed by atoms with Gasteiger partial charge in [0.25, 0.3) is 5.97 Å². The third-order valence-electron chi connectivity index (χ3n) is 3.65. The second-order valence-corrected chi connectivity index (χ2v) is 9.13. The van der Waals surface area contributed by atoms with E-state index in [0.717, 1.165) is 19.8 Å². The van der Waals surface area contributed by atoms with Crippen molar-refractivity contribution in [2.24, 2.45) is 0 Å². The number of rotatable bonds is 15. The summed E-state index contributed by atoms with van der Waals surface area (Å²) in [6.45, 7) is 3.34. The first-order valence-corrected chi connectivity index (χ1v) is 14.0. The van der Waals surface area contributed by atoms with E-state index in [0.29, 0.717) is 6.42 Å². The first-order chi connectivity index (χ1) is 15.5. The second kappa shape index (κ2) is 31.6. The Hall–Kier alpha value is -0.418. The van der Waals surface area contributed by atoms with Crippen molar-refractivity contribution < 1.29 is 56.6 Å². The van der Waals surface area contributed by atoms with Crippen LogP contribution in [0, 0.1) is 0 Å².